The van der Waals surface area contributed by atoms with Gasteiger partial charge in [-0.05, 0) is 47.9 Å². The van der Waals surface area contributed by atoms with Crippen LogP contribution in [0.15, 0.2) is 77.4 Å². The molecular weight excluding hydrogens is 510 g/mol. The summed E-state index contributed by atoms with van der Waals surface area (Å²) in [6, 6.07) is 19.0. The zero-order valence-electron chi connectivity index (χ0n) is 22.6. The van der Waals surface area contributed by atoms with Crippen molar-refractivity contribution in [2.75, 3.05) is 52.7 Å². The summed E-state index contributed by atoms with van der Waals surface area (Å²) in [6.07, 6.45) is 5.69. The zero-order valence-corrected chi connectivity index (χ0v) is 22.6. The highest BCUT2D eigenvalue weighted by Crippen LogP contribution is 2.33. The first-order valence-corrected chi connectivity index (χ1v) is 13.6. The highest BCUT2D eigenvalue weighted by atomic mass is 16.7. The number of nitrogens with zero attached hydrogens (tertiary/aromatic N) is 3. The highest BCUT2D eigenvalue weighted by Gasteiger charge is 2.23. The van der Waals surface area contributed by atoms with Gasteiger partial charge in [0, 0.05) is 38.8 Å². The Bertz CT molecular complexity index is 1270. The van der Waals surface area contributed by atoms with E-state index in [1.807, 2.05) is 54.6 Å². The monoisotopic (exact) mass is 545 g/mol. The summed E-state index contributed by atoms with van der Waals surface area (Å²) in [4.78, 5) is 32.8. The van der Waals surface area contributed by atoms with Gasteiger partial charge in [-0.1, -0.05) is 36.4 Å². The molecule has 0 N–H and O–H groups in total. The first-order valence-electron chi connectivity index (χ1n) is 13.6. The van der Waals surface area contributed by atoms with Gasteiger partial charge in [-0.3, -0.25) is 14.5 Å². The van der Waals surface area contributed by atoms with E-state index in [0.29, 0.717) is 30.3 Å². The van der Waals surface area contributed by atoms with Crippen molar-refractivity contribution in [2.45, 2.75) is 19.5 Å². The second kappa shape index (κ2) is 13.8. The third kappa shape index (κ3) is 7.74. The second-order valence-electron chi connectivity index (χ2n) is 9.83. The molecule has 0 aliphatic carbocycles. The predicted molar refractivity (Wildman–Crippen MR) is 149 cm³/mol. The smallest absolute Gasteiger partial charge is 0.247 e. The fraction of sp³-hybridized carbons (Fsp3) is 0.355. The first kappa shape index (κ1) is 27.5. The van der Waals surface area contributed by atoms with Crippen LogP contribution in [0.1, 0.15) is 23.3 Å². The van der Waals surface area contributed by atoms with E-state index in [9.17, 15) is 9.59 Å². The maximum absolute atomic E-state index is 13.7. The Kier molecular flexibility index (Phi) is 9.50. The van der Waals surface area contributed by atoms with Crippen LogP contribution in [0.2, 0.25) is 0 Å². The summed E-state index contributed by atoms with van der Waals surface area (Å²) in [7, 11) is 0. The van der Waals surface area contributed by atoms with Crippen LogP contribution in [0.5, 0.6) is 11.5 Å². The maximum atomic E-state index is 13.7. The van der Waals surface area contributed by atoms with Gasteiger partial charge in [0.05, 0.1) is 26.0 Å². The van der Waals surface area contributed by atoms with E-state index in [4.69, 9.17) is 18.6 Å². The number of benzene rings is 2. The summed E-state index contributed by atoms with van der Waals surface area (Å²) >= 11 is 0. The van der Waals surface area contributed by atoms with E-state index in [0.717, 1.165) is 50.4 Å². The largest absolute Gasteiger partial charge is 0.467 e. The van der Waals surface area contributed by atoms with Crippen molar-refractivity contribution >= 4 is 17.9 Å². The number of fused-ring (bicyclic) bond motifs is 1. The van der Waals surface area contributed by atoms with E-state index >= 15 is 0 Å². The Hall–Kier alpha value is -4.08. The van der Waals surface area contributed by atoms with Gasteiger partial charge < -0.3 is 28.4 Å². The molecule has 9 heteroatoms. The molecule has 0 bridgehead atoms. The molecule has 2 amide bonds. The lowest BCUT2D eigenvalue weighted by Crippen LogP contribution is -2.43. The van der Waals surface area contributed by atoms with Crippen molar-refractivity contribution in [3.63, 3.8) is 0 Å². The first-order chi connectivity index (χ1) is 19.6. The molecular formula is C31H35N3O6. The standard InChI is InChI=1S/C31H35N3O6/c35-30(12-10-25-6-2-1-3-7-25)33(14-5-13-32-15-18-37-19-16-32)23-31(36)34(22-27-8-4-17-38-27)21-26-9-11-28-29(20-26)40-24-39-28/h1-4,6-12,17,20H,5,13-16,18-19,21-24H2/b12-10+. The molecule has 3 aromatic rings. The zero-order chi connectivity index (χ0) is 27.6. The Morgan fingerprint density at radius 1 is 0.900 bits per heavy atom. The van der Waals surface area contributed by atoms with Crippen molar-refractivity contribution in [1.29, 1.82) is 0 Å². The van der Waals surface area contributed by atoms with Gasteiger partial charge in [0.25, 0.3) is 0 Å². The van der Waals surface area contributed by atoms with Crippen LogP contribution < -0.4 is 9.47 Å². The Morgan fingerprint density at radius 3 is 2.52 bits per heavy atom. The van der Waals surface area contributed by atoms with Gasteiger partial charge in [-0.25, -0.2) is 0 Å². The molecule has 0 atom stereocenters. The number of ether oxygens (including phenoxy) is 3. The van der Waals surface area contributed by atoms with Crippen LogP contribution in [-0.4, -0.2) is 79.2 Å². The molecule has 210 valence electrons. The molecule has 1 aromatic heterocycles. The second-order valence-corrected chi connectivity index (χ2v) is 9.83. The molecule has 0 radical (unpaired) electrons. The Morgan fingerprint density at radius 2 is 1.73 bits per heavy atom. The third-order valence-electron chi connectivity index (χ3n) is 6.95. The summed E-state index contributed by atoms with van der Waals surface area (Å²) in [6.45, 7) is 5.31. The van der Waals surface area contributed by atoms with Crippen LogP contribution >= 0.6 is 0 Å². The van der Waals surface area contributed by atoms with Gasteiger partial charge in [0.1, 0.15) is 12.3 Å². The average Bonchev–Trinajstić information content (AvgIpc) is 3.68. The van der Waals surface area contributed by atoms with E-state index in [2.05, 4.69) is 4.90 Å². The molecule has 1 fully saturated rings. The number of rotatable bonds is 12. The minimum absolute atomic E-state index is 0.0354. The molecule has 9 nitrogen and oxygen atoms in total. The highest BCUT2D eigenvalue weighted by molar-refractivity contribution is 5.94. The fourth-order valence-corrected chi connectivity index (χ4v) is 4.76. The number of hydrogen-bond donors (Lipinski definition) is 0. The van der Waals surface area contributed by atoms with Gasteiger partial charge >= 0.3 is 0 Å². The fourth-order valence-electron chi connectivity index (χ4n) is 4.76. The minimum atomic E-state index is -0.194. The maximum Gasteiger partial charge on any atom is 0.247 e. The molecule has 0 unspecified atom stereocenters. The van der Waals surface area contributed by atoms with Gasteiger partial charge in [0.2, 0.25) is 18.6 Å². The van der Waals surface area contributed by atoms with E-state index in [1.54, 1.807) is 34.3 Å². The third-order valence-corrected chi connectivity index (χ3v) is 6.95. The molecule has 0 saturated carbocycles. The molecule has 0 spiro atoms. The molecule has 2 aliphatic heterocycles. The lowest BCUT2D eigenvalue weighted by atomic mass is 10.1. The minimum Gasteiger partial charge on any atom is -0.467 e. The number of carbonyl (C=O) groups is 2. The Balaban J connectivity index is 1.29. The number of amides is 2. The molecule has 2 aliphatic rings. The Labute approximate surface area is 234 Å². The van der Waals surface area contributed by atoms with Crippen LogP contribution in [0, 0.1) is 0 Å². The van der Waals surface area contributed by atoms with Gasteiger partial charge in [-0.2, -0.15) is 0 Å². The van der Waals surface area contributed by atoms with E-state index < -0.39 is 0 Å². The SMILES string of the molecule is O=C(/C=C/c1ccccc1)N(CCCN1CCOCC1)CC(=O)N(Cc1ccc2c(c1)OCO2)Cc1ccco1. The molecule has 5 rings (SSSR count). The summed E-state index contributed by atoms with van der Waals surface area (Å²) in [5.74, 6) is 1.66. The van der Waals surface area contributed by atoms with Gasteiger partial charge in [-0.15, -0.1) is 0 Å². The van der Waals surface area contributed by atoms with E-state index in [1.165, 1.54) is 0 Å². The summed E-state index contributed by atoms with van der Waals surface area (Å²) in [5, 5.41) is 0. The number of morpholine rings is 1. The molecule has 1 saturated heterocycles. The number of hydrogen-bond acceptors (Lipinski definition) is 7. The summed E-state index contributed by atoms with van der Waals surface area (Å²) in [5.41, 5.74) is 1.83. The van der Waals surface area contributed by atoms with Crippen LogP contribution in [-0.2, 0) is 27.4 Å². The normalized spacial score (nSPS) is 14.9. The number of furan rings is 1. The van der Waals surface area contributed by atoms with Crippen LogP contribution in [0.25, 0.3) is 6.08 Å². The molecule has 3 heterocycles. The van der Waals surface area contributed by atoms with Crippen molar-refractivity contribution in [2.24, 2.45) is 0 Å². The quantitative estimate of drug-likeness (QED) is 0.320. The molecule has 2 aromatic carbocycles. The van der Waals surface area contributed by atoms with Crippen LogP contribution in [0.4, 0.5) is 0 Å². The van der Waals surface area contributed by atoms with Crippen LogP contribution in [0.3, 0.4) is 0 Å². The average molecular weight is 546 g/mol. The van der Waals surface area contributed by atoms with Crippen molar-refractivity contribution in [3.8, 4) is 11.5 Å². The van der Waals surface area contributed by atoms with Crippen molar-refractivity contribution < 1.29 is 28.2 Å². The summed E-state index contributed by atoms with van der Waals surface area (Å²) < 4.78 is 22.0. The predicted octanol–water partition coefficient (Wildman–Crippen LogP) is 3.80. The van der Waals surface area contributed by atoms with Crippen molar-refractivity contribution in [3.05, 3.63) is 89.9 Å². The lowest BCUT2D eigenvalue weighted by molar-refractivity contribution is -0.139. The van der Waals surface area contributed by atoms with Crippen molar-refractivity contribution in [1.82, 2.24) is 14.7 Å². The van der Waals surface area contributed by atoms with Gasteiger partial charge in [0.15, 0.2) is 11.5 Å². The topological polar surface area (TPSA) is 84.7 Å². The molecule has 40 heavy (non-hydrogen) atoms. The lowest BCUT2D eigenvalue weighted by Gasteiger charge is -2.29. The number of carbonyl (C=O) groups excluding carboxylic acids is 2. The van der Waals surface area contributed by atoms with E-state index in [-0.39, 0.29) is 31.7 Å².